The average Bonchev–Trinajstić information content (AvgIpc) is 2.47. The summed E-state index contributed by atoms with van der Waals surface area (Å²) < 4.78 is 10.6. The van der Waals surface area contributed by atoms with Gasteiger partial charge in [-0.1, -0.05) is 24.3 Å². The molecule has 0 radical (unpaired) electrons. The molecule has 1 rings (SSSR count). The lowest BCUT2D eigenvalue weighted by Crippen LogP contribution is -2.39. The highest BCUT2D eigenvalue weighted by Gasteiger charge is 2.19. The maximum absolute atomic E-state index is 12.1. The van der Waals surface area contributed by atoms with Crippen molar-refractivity contribution >= 4 is 23.8 Å². The van der Waals surface area contributed by atoms with E-state index in [1.54, 1.807) is 59.4 Å². The standard InChI is InChI=1S/C20H29NO4S/c1-19(2,3)24-17(22)13-12-15(21-18(23)25-20(4,5)6)14-26-16-10-8-7-9-11-16/h7-13,15H,14H2,1-6H3,(H,21,23)/t15-/m1/s1. The number of hydrogen-bond donors (Lipinski definition) is 1. The van der Waals surface area contributed by atoms with Crippen LogP contribution in [0.4, 0.5) is 4.79 Å². The lowest BCUT2D eigenvalue weighted by Gasteiger charge is -2.22. The van der Waals surface area contributed by atoms with Crippen molar-refractivity contribution < 1.29 is 19.1 Å². The van der Waals surface area contributed by atoms with Gasteiger partial charge in [-0.2, -0.15) is 0 Å². The zero-order valence-electron chi connectivity index (χ0n) is 16.4. The monoisotopic (exact) mass is 379 g/mol. The molecule has 0 aliphatic heterocycles. The van der Waals surface area contributed by atoms with Crippen molar-refractivity contribution in [3.05, 3.63) is 42.5 Å². The van der Waals surface area contributed by atoms with E-state index >= 15 is 0 Å². The Morgan fingerprint density at radius 3 is 2.15 bits per heavy atom. The number of benzene rings is 1. The van der Waals surface area contributed by atoms with E-state index in [1.807, 2.05) is 30.3 Å². The molecule has 0 fully saturated rings. The second-order valence-corrected chi connectivity index (χ2v) is 8.86. The Morgan fingerprint density at radius 1 is 1.04 bits per heavy atom. The Morgan fingerprint density at radius 2 is 1.62 bits per heavy atom. The summed E-state index contributed by atoms with van der Waals surface area (Å²) in [4.78, 5) is 25.0. The minimum Gasteiger partial charge on any atom is -0.457 e. The Hall–Kier alpha value is -1.95. The molecular weight excluding hydrogens is 350 g/mol. The molecule has 0 bridgehead atoms. The van der Waals surface area contributed by atoms with Crippen molar-refractivity contribution in [2.24, 2.45) is 0 Å². The summed E-state index contributed by atoms with van der Waals surface area (Å²) in [6.07, 6.45) is 2.46. The minimum absolute atomic E-state index is 0.373. The molecule has 1 N–H and O–H groups in total. The molecule has 1 aromatic rings. The fourth-order valence-corrected chi connectivity index (χ4v) is 2.75. The third-order valence-electron chi connectivity index (χ3n) is 2.75. The topological polar surface area (TPSA) is 64.6 Å². The molecule has 1 atom stereocenters. The van der Waals surface area contributed by atoms with E-state index in [-0.39, 0.29) is 6.04 Å². The smallest absolute Gasteiger partial charge is 0.408 e. The number of ether oxygens (including phenoxy) is 2. The second-order valence-electron chi connectivity index (χ2n) is 7.77. The van der Waals surface area contributed by atoms with Crippen LogP contribution in [0.5, 0.6) is 0 Å². The van der Waals surface area contributed by atoms with Gasteiger partial charge in [0.05, 0.1) is 6.04 Å². The summed E-state index contributed by atoms with van der Waals surface area (Å²) in [5, 5.41) is 2.79. The predicted octanol–water partition coefficient (Wildman–Crippen LogP) is 4.57. The fraction of sp³-hybridized carbons (Fsp3) is 0.500. The van der Waals surface area contributed by atoms with Crippen LogP contribution in [0.2, 0.25) is 0 Å². The number of nitrogens with one attached hydrogen (secondary N) is 1. The highest BCUT2D eigenvalue weighted by molar-refractivity contribution is 7.99. The van der Waals surface area contributed by atoms with Gasteiger partial charge in [0.25, 0.3) is 0 Å². The van der Waals surface area contributed by atoms with E-state index < -0.39 is 23.3 Å². The summed E-state index contributed by atoms with van der Waals surface area (Å²) in [6, 6.07) is 9.47. The maximum Gasteiger partial charge on any atom is 0.408 e. The zero-order valence-corrected chi connectivity index (χ0v) is 17.2. The maximum atomic E-state index is 12.1. The van der Waals surface area contributed by atoms with Gasteiger partial charge < -0.3 is 14.8 Å². The molecule has 0 heterocycles. The van der Waals surface area contributed by atoms with Gasteiger partial charge in [-0.3, -0.25) is 0 Å². The Balaban J connectivity index is 2.73. The Kier molecular flexibility index (Phi) is 8.21. The van der Waals surface area contributed by atoms with Crippen LogP contribution in [0.25, 0.3) is 0 Å². The molecule has 0 aliphatic carbocycles. The van der Waals surface area contributed by atoms with Crippen LogP contribution in [-0.2, 0) is 14.3 Å². The van der Waals surface area contributed by atoms with E-state index in [9.17, 15) is 9.59 Å². The number of esters is 1. The molecule has 26 heavy (non-hydrogen) atoms. The summed E-state index contributed by atoms with van der Waals surface area (Å²) in [7, 11) is 0. The van der Waals surface area contributed by atoms with Gasteiger partial charge in [0.1, 0.15) is 11.2 Å². The molecule has 0 spiro atoms. The molecule has 6 heteroatoms. The molecule has 0 aliphatic rings. The van der Waals surface area contributed by atoms with Gasteiger partial charge in [-0.05, 0) is 53.7 Å². The molecule has 0 saturated heterocycles. The number of amides is 1. The number of carbonyl (C=O) groups is 2. The third kappa shape index (κ3) is 10.8. The average molecular weight is 380 g/mol. The van der Waals surface area contributed by atoms with E-state index in [1.165, 1.54) is 6.08 Å². The zero-order chi connectivity index (χ0) is 19.8. The van der Waals surface area contributed by atoms with Crippen LogP contribution in [-0.4, -0.2) is 35.1 Å². The van der Waals surface area contributed by atoms with Crippen molar-refractivity contribution in [2.75, 3.05) is 5.75 Å². The fourth-order valence-electron chi connectivity index (χ4n) is 1.84. The highest BCUT2D eigenvalue weighted by Crippen LogP contribution is 2.19. The molecule has 1 aromatic carbocycles. The number of alkyl carbamates (subject to hydrolysis) is 1. The number of thioether (sulfide) groups is 1. The van der Waals surface area contributed by atoms with Crippen molar-refractivity contribution in [1.82, 2.24) is 5.32 Å². The second kappa shape index (κ2) is 9.67. The van der Waals surface area contributed by atoms with E-state index in [2.05, 4.69) is 5.32 Å². The molecule has 0 unspecified atom stereocenters. The van der Waals surface area contributed by atoms with Crippen LogP contribution in [0.3, 0.4) is 0 Å². The van der Waals surface area contributed by atoms with Crippen LogP contribution in [0, 0.1) is 0 Å². The molecule has 144 valence electrons. The SMILES string of the molecule is CC(C)(C)OC(=O)C=C[C@H](CSc1ccccc1)NC(=O)OC(C)(C)C. The Labute approximate surface area is 160 Å². The van der Waals surface area contributed by atoms with Gasteiger partial charge in [0, 0.05) is 16.7 Å². The normalized spacial score (nSPS) is 13.3. The first-order valence-electron chi connectivity index (χ1n) is 8.53. The van der Waals surface area contributed by atoms with Crippen molar-refractivity contribution in [3.8, 4) is 0 Å². The largest absolute Gasteiger partial charge is 0.457 e. The van der Waals surface area contributed by atoms with Crippen LogP contribution in [0.15, 0.2) is 47.4 Å². The molecule has 5 nitrogen and oxygen atoms in total. The van der Waals surface area contributed by atoms with Gasteiger partial charge >= 0.3 is 12.1 Å². The predicted molar refractivity (Wildman–Crippen MR) is 105 cm³/mol. The number of carbonyl (C=O) groups excluding carboxylic acids is 2. The van der Waals surface area contributed by atoms with Crippen molar-refractivity contribution in [3.63, 3.8) is 0 Å². The highest BCUT2D eigenvalue weighted by atomic mass is 32.2. The molecule has 1 amide bonds. The summed E-state index contributed by atoms with van der Waals surface area (Å²) in [5.41, 5.74) is -1.15. The van der Waals surface area contributed by atoms with Crippen LogP contribution in [0.1, 0.15) is 41.5 Å². The number of hydrogen-bond acceptors (Lipinski definition) is 5. The Bertz CT molecular complexity index is 615. The van der Waals surface area contributed by atoms with Gasteiger partial charge in [0.15, 0.2) is 0 Å². The lowest BCUT2D eigenvalue weighted by molar-refractivity contribution is -0.148. The summed E-state index contributed by atoms with van der Waals surface area (Å²) in [5.74, 6) is 0.112. The van der Waals surface area contributed by atoms with Crippen molar-refractivity contribution in [1.29, 1.82) is 0 Å². The first-order chi connectivity index (χ1) is 11.9. The van der Waals surface area contributed by atoms with Crippen LogP contribution < -0.4 is 5.32 Å². The van der Waals surface area contributed by atoms with E-state index in [0.29, 0.717) is 5.75 Å². The molecule has 0 saturated carbocycles. The van der Waals surface area contributed by atoms with E-state index in [4.69, 9.17) is 9.47 Å². The third-order valence-corrected chi connectivity index (χ3v) is 3.88. The van der Waals surface area contributed by atoms with Gasteiger partial charge in [-0.25, -0.2) is 9.59 Å². The van der Waals surface area contributed by atoms with Gasteiger partial charge in [-0.15, -0.1) is 11.8 Å². The van der Waals surface area contributed by atoms with Gasteiger partial charge in [0.2, 0.25) is 0 Å². The minimum atomic E-state index is -0.587. The molecule has 0 aromatic heterocycles. The van der Waals surface area contributed by atoms with Crippen molar-refractivity contribution in [2.45, 2.75) is 63.7 Å². The van der Waals surface area contributed by atoms with E-state index in [0.717, 1.165) is 4.90 Å². The quantitative estimate of drug-likeness (QED) is 0.446. The van der Waals surface area contributed by atoms with Crippen LogP contribution >= 0.6 is 11.8 Å². The lowest BCUT2D eigenvalue weighted by atomic mass is 10.2. The first kappa shape index (κ1) is 22.1. The summed E-state index contributed by atoms with van der Waals surface area (Å²) in [6.45, 7) is 10.8. The number of rotatable bonds is 6. The molecular formula is C20H29NO4S. The summed E-state index contributed by atoms with van der Waals surface area (Å²) >= 11 is 1.58. The first-order valence-corrected chi connectivity index (χ1v) is 9.52.